The maximum Gasteiger partial charge on any atom is 0.149 e. The topological polar surface area (TPSA) is 47.0 Å². The van der Waals surface area contributed by atoms with E-state index in [4.69, 9.17) is 4.74 Å². The molecule has 0 bridgehead atoms. The molecular formula is C13H15N3O. The minimum absolute atomic E-state index is 0.704. The van der Waals surface area contributed by atoms with E-state index in [2.05, 4.69) is 15.5 Å². The Bertz CT molecular complexity index is 500. The molecule has 2 rings (SSSR count). The van der Waals surface area contributed by atoms with E-state index in [0.29, 0.717) is 6.54 Å². The molecule has 4 nitrogen and oxygen atoms in total. The van der Waals surface area contributed by atoms with Gasteiger partial charge in [-0.15, -0.1) is 5.10 Å². The van der Waals surface area contributed by atoms with Crippen molar-refractivity contribution in [3.63, 3.8) is 0 Å². The lowest BCUT2D eigenvalue weighted by Crippen LogP contribution is -2.02. The number of ether oxygens (including phenoxy) is 1. The molecular weight excluding hydrogens is 214 g/mol. The van der Waals surface area contributed by atoms with E-state index >= 15 is 0 Å². The van der Waals surface area contributed by atoms with Crippen molar-refractivity contribution in [1.82, 2.24) is 10.2 Å². The van der Waals surface area contributed by atoms with Gasteiger partial charge in [-0.3, -0.25) is 0 Å². The Labute approximate surface area is 101 Å². The largest absolute Gasteiger partial charge is 0.497 e. The number of nitrogens with one attached hydrogen (secondary N) is 1. The molecule has 0 radical (unpaired) electrons. The standard InChI is InChI=1S/C13H15N3O/c1-10-6-13(16-15-8-10)14-9-11-4-3-5-12(7-11)17-2/h3-8H,9H2,1-2H3,(H,14,16). The highest BCUT2D eigenvalue weighted by molar-refractivity contribution is 5.37. The van der Waals surface area contributed by atoms with Gasteiger partial charge in [-0.1, -0.05) is 12.1 Å². The monoisotopic (exact) mass is 229 g/mol. The number of benzene rings is 1. The Morgan fingerprint density at radius 3 is 2.94 bits per heavy atom. The SMILES string of the molecule is COc1cccc(CNc2cc(C)cnn2)c1. The summed E-state index contributed by atoms with van der Waals surface area (Å²) in [5, 5.41) is 11.1. The van der Waals surface area contributed by atoms with Gasteiger partial charge in [-0.25, -0.2) is 0 Å². The van der Waals surface area contributed by atoms with Gasteiger partial charge in [0.25, 0.3) is 0 Å². The van der Waals surface area contributed by atoms with E-state index in [-0.39, 0.29) is 0 Å². The van der Waals surface area contributed by atoms with Crippen LogP contribution in [0.25, 0.3) is 0 Å². The minimum atomic E-state index is 0.704. The third kappa shape index (κ3) is 3.17. The van der Waals surface area contributed by atoms with Gasteiger partial charge in [-0.2, -0.15) is 5.10 Å². The van der Waals surface area contributed by atoms with Gasteiger partial charge in [0.05, 0.1) is 13.3 Å². The first-order chi connectivity index (χ1) is 8.28. The van der Waals surface area contributed by atoms with Crippen molar-refractivity contribution in [3.05, 3.63) is 47.7 Å². The molecule has 0 saturated carbocycles. The maximum atomic E-state index is 5.17. The lowest BCUT2D eigenvalue weighted by molar-refractivity contribution is 0.414. The highest BCUT2D eigenvalue weighted by atomic mass is 16.5. The zero-order valence-corrected chi connectivity index (χ0v) is 9.97. The molecule has 0 amide bonds. The Balaban J connectivity index is 2.02. The van der Waals surface area contributed by atoms with Crippen molar-refractivity contribution in [1.29, 1.82) is 0 Å². The normalized spacial score (nSPS) is 10.0. The Kier molecular flexibility index (Phi) is 3.55. The van der Waals surface area contributed by atoms with E-state index < -0.39 is 0 Å². The molecule has 0 spiro atoms. The van der Waals surface area contributed by atoms with Gasteiger partial charge in [0.1, 0.15) is 11.6 Å². The van der Waals surface area contributed by atoms with Gasteiger partial charge in [-0.05, 0) is 36.2 Å². The van der Waals surface area contributed by atoms with Gasteiger partial charge >= 0.3 is 0 Å². The van der Waals surface area contributed by atoms with Crippen molar-refractivity contribution in [2.24, 2.45) is 0 Å². The fraction of sp³-hybridized carbons (Fsp3) is 0.231. The summed E-state index contributed by atoms with van der Waals surface area (Å²) >= 11 is 0. The fourth-order valence-electron chi connectivity index (χ4n) is 1.53. The first-order valence-electron chi connectivity index (χ1n) is 5.44. The molecule has 17 heavy (non-hydrogen) atoms. The number of aromatic nitrogens is 2. The second kappa shape index (κ2) is 5.30. The fourth-order valence-corrected chi connectivity index (χ4v) is 1.53. The predicted octanol–water partition coefficient (Wildman–Crippen LogP) is 2.41. The average Bonchev–Trinajstić information content (AvgIpc) is 2.37. The summed E-state index contributed by atoms with van der Waals surface area (Å²) in [6.07, 6.45) is 1.73. The van der Waals surface area contributed by atoms with Crippen LogP contribution in [-0.4, -0.2) is 17.3 Å². The third-order valence-electron chi connectivity index (χ3n) is 2.40. The third-order valence-corrected chi connectivity index (χ3v) is 2.40. The second-order valence-electron chi connectivity index (χ2n) is 3.82. The summed E-state index contributed by atoms with van der Waals surface area (Å²) in [4.78, 5) is 0. The summed E-state index contributed by atoms with van der Waals surface area (Å²) in [6.45, 7) is 2.70. The predicted molar refractivity (Wildman–Crippen MR) is 67.1 cm³/mol. The van der Waals surface area contributed by atoms with Crippen LogP contribution in [0.1, 0.15) is 11.1 Å². The molecule has 0 aliphatic heterocycles. The molecule has 0 aliphatic rings. The molecule has 4 heteroatoms. The number of hydrogen-bond acceptors (Lipinski definition) is 4. The van der Waals surface area contributed by atoms with Crippen LogP contribution in [0.15, 0.2) is 36.5 Å². The van der Waals surface area contributed by atoms with Crippen LogP contribution in [0.2, 0.25) is 0 Å². The second-order valence-corrected chi connectivity index (χ2v) is 3.82. The number of nitrogens with zero attached hydrogens (tertiary/aromatic N) is 2. The van der Waals surface area contributed by atoms with Crippen LogP contribution in [0.3, 0.4) is 0 Å². The number of rotatable bonds is 4. The van der Waals surface area contributed by atoms with Gasteiger partial charge < -0.3 is 10.1 Å². The molecule has 1 aromatic carbocycles. The van der Waals surface area contributed by atoms with Crippen LogP contribution < -0.4 is 10.1 Å². The summed E-state index contributed by atoms with van der Waals surface area (Å²) in [6, 6.07) is 9.90. The highest BCUT2D eigenvalue weighted by Crippen LogP contribution is 2.13. The maximum absolute atomic E-state index is 5.17. The Morgan fingerprint density at radius 1 is 1.29 bits per heavy atom. The number of hydrogen-bond donors (Lipinski definition) is 1. The highest BCUT2D eigenvalue weighted by Gasteiger charge is 1.98. The zero-order chi connectivity index (χ0) is 12.1. The van der Waals surface area contributed by atoms with Crippen molar-refractivity contribution < 1.29 is 4.74 Å². The van der Waals surface area contributed by atoms with E-state index in [1.54, 1.807) is 13.3 Å². The van der Waals surface area contributed by atoms with Crippen molar-refractivity contribution >= 4 is 5.82 Å². The number of aryl methyl sites for hydroxylation is 1. The summed E-state index contributed by atoms with van der Waals surface area (Å²) in [5.74, 6) is 1.65. The van der Waals surface area contributed by atoms with Gasteiger partial charge in [0.15, 0.2) is 0 Å². The molecule has 0 saturated heterocycles. The molecule has 1 aromatic heterocycles. The quantitative estimate of drug-likeness (QED) is 0.874. The number of anilines is 1. The summed E-state index contributed by atoms with van der Waals surface area (Å²) in [5.41, 5.74) is 2.24. The molecule has 0 unspecified atom stereocenters. The van der Waals surface area contributed by atoms with E-state index in [9.17, 15) is 0 Å². The van der Waals surface area contributed by atoms with Crippen molar-refractivity contribution in [2.75, 3.05) is 12.4 Å². The first kappa shape index (κ1) is 11.4. The summed E-state index contributed by atoms with van der Waals surface area (Å²) in [7, 11) is 1.67. The summed E-state index contributed by atoms with van der Waals surface area (Å²) < 4.78 is 5.17. The average molecular weight is 229 g/mol. The van der Waals surface area contributed by atoms with Gasteiger partial charge in [0, 0.05) is 6.54 Å². The van der Waals surface area contributed by atoms with E-state index in [1.807, 2.05) is 37.3 Å². The van der Waals surface area contributed by atoms with E-state index in [0.717, 1.165) is 22.7 Å². The van der Waals surface area contributed by atoms with Crippen LogP contribution >= 0.6 is 0 Å². The van der Waals surface area contributed by atoms with Crippen LogP contribution in [0.4, 0.5) is 5.82 Å². The lowest BCUT2D eigenvalue weighted by Gasteiger charge is -2.07. The minimum Gasteiger partial charge on any atom is -0.497 e. The molecule has 1 N–H and O–H groups in total. The number of methoxy groups -OCH3 is 1. The van der Waals surface area contributed by atoms with Crippen LogP contribution in [0.5, 0.6) is 5.75 Å². The Hall–Kier alpha value is -2.10. The van der Waals surface area contributed by atoms with E-state index in [1.165, 1.54) is 0 Å². The molecule has 0 fully saturated rings. The molecule has 1 heterocycles. The molecule has 88 valence electrons. The zero-order valence-electron chi connectivity index (χ0n) is 9.97. The lowest BCUT2D eigenvalue weighted by atomic mass is 10.2. The Morgan fingerprint density at radius 2 is 2.18 bits per heavy atom. The van der Waals surface area contributed by atoms with Gasteiger partial charge in [0.2, 0.25) is 0 Å². The van der Waals surface area contributed by atoms with Crippen LogP contribution in [-0.2, 0) is 6.54 Å². The first-order valence-corrected chi connectivity index (χ1v) is 5.44. The molecule has 2 aromatic rings. The smallest absolute Gasteiger partial charge is 0.149 e. The molecule has 0 aliphatic carbocycles. The molecule has 0 atom stereocenters. The van der Waals surface area contributed by atoms with Crippen molar-refractivity contribution in [2.45, 2.75) is 13.5 Å². The van der Waals surface area contributed by atoms with Crippen molar-refractivity contribution in [3.8, 4) is 5.75 Å². The van der Waals surface area contributed by atoms with Crippen LogP contribution in [0, 0.1) is 6.92 Å².